The van der Waals surface area contributed by atoms with Crippen molar-refractivity contribution in [2.45, 2.75) is 32.5 Å². The zero-order valence-corrected chi connectivity index (χ0v) is 13.4. The highest BCUT2D eigenvalue weighted by atomic mass is 28.3. The van der Waals surface area contributed by atoms with Gasteiger partial charge in [0.2, 0.25) is 0 Å². The molecule has 0 N–H and O–H groups in total. The summed E-state index contributed by atoms with van der Waals surface area (Å²) < 4.78 is 0. The molecule has 0 unspecified atom stereocenters. The lowest BCUT2D eigenvalue weighted by atomic mass is 10.0. The molecule has 102 valence electrons. The molecular formula is C18H20OSi. The van der Waals surface area contributed by atoms with E-state index in [1.807, 2.05) is 6.07 Å². The summed E-state index contributed by atoms with van der Waals surface area (Å²) in [5.74, 6) is 0.344. The Morgan fingerprint density at radius 1 is 0.900 bits per heavy atom. The van der Waals surface area contributed by atoms with Crippen molar-refractivity contribution < 1.29 is 4.79 Å². The van der Waals surface area contributed by atoms with Crippen molar-refractivity contribution in [3.05, 3.63) is 53.6 Å². The molecule has 0 fully saturated rings. The van der Waals surface area contributed by atoms with Crippen LogP contribution in [0.3, 0.4) is 0 Å². The van der Waals surface area contributed by atoms with Crippen LogP contribution in [0.15, 0.2) is 42.5 Å². The summed E-state index contributed by atoms with van der Waals surface area (Å²) in [7, 11) is -1.52. The van der Waals surface area contributed by atoms with E-state index in [-0.39, 0.29) is 0 Å². The molecule has 2 aromatic carbocycles. The summed E-state index contributed by atoms with van der Waals surface area (Å²) in [4.78, 5) is 12.2. The number of benzene rings is 2. The van der Waals surface area contributed by atoms with E-state index in [4.69, 9.17) is 0 Å². The van der Waals surface area contributed by atoms with Gasteiger partial charge in [-0.2, -0.15) is 0 Å². The van der Waals surface area contributed by atoms with Gasteiger partial charge in [-0.3, -0.25) is 4.79 Å². The molecule has 0 aliphatic heterocycles. The van der Waals surface area contributed by atoms with Crippen LogP contribution in [-0.4, -0.2) is 13.9 Å². The maximum absolute atomic E-state index is 12.2. The van der Waals surface area contributed by atoms with E-state index in [0.29, 0.717) is 12.2 Å². The largest absolute Gasteiger partial charge is 0.294 e. The lowest BCUT2D eigenvalue weighted by molar-refractivity contribution is 0.0995. The molecule has 0 saturated carbocycles. The maximum Gasteiger partial charge on any atom is 0.163 e. The van der Waals surface area contributed by atoms with Gasteiger partial charge in [-0.25, -0.2) is 0 Å². The van der Waals surface area contributed by atoms with E-state index in [1.54, 1.807) is 0 Å². The van der Waals surface area contributed by atoms with Gasteiger partial charge in [-0.15, -0.1) is 0 Å². The summed E-state index contributed by atoms with van der Waals surface area (Å²) in [6, 6.07) is 15.0. The number of hydrogen-bond acceptors (Lipinski definition) is 1. The van der Waals surface area contributed by atoms with E-state index >= 15 is 0 Å². The molecule has 0 bridgehead atoms. The lowest BCUT2D eigenvalue weighted by Crippen LogP contribution is -2.41. The molecular weight excluding hydrogens is 260 g/mol. The SMILES string of the molecule is C[Si](C)(C)c1cc(-c2ccccc2)cc2c1C(=O)CC2. The molecule has 2 aromatic rings. The fraction of sp³-hybridized carbons (Fsp3) is 0.278. The predicted molar refractivity (Wildman–Crippen MR) is 87.5 cm³/mol. The number of rotatable bonds is 2. The van der Waals surface area contributed by atoms with Crippen molar-refractivity contribution in [3.63, 3.8) is 0 Å². The molecule has 0 radical (unpaired) electrons. The summed E-state index contributed by atoms with van der Waals surface area (Å²) in [6.45, 7) is 6.97. The zero-order chi connectivity index (χ0) is 14.3. The Labute approximate surface area is 121 Å². The van der Waals surface area contributed by atoms with Crippen LogP contribution in [0.1, 0.15) is 22.3 Å². The average Bonchev–Trinajstić information content (AvgIpc) is 2.79. The second-order valence-electron chi connectivity index (χ2n) is 6.60. The number of carbonyl (C=O) groups is 1. The van der Waals surface area contributed by atoms with Gasteiger partial charge in [0.05, 0.1) is 8.07 Å². The molecule has 0 aromatic heterocycles. The molecule has 1 aliphatic carbocycles. The van der Waals surface area contributed by atoms with Gasteiger partial charge < -0.3 is 0 Å². The summed E-state index contributed by atoms with van der Waals surface area (Å²) >= 11 is 0. The van der Waals surface area contributed by atoms with Crippen LogP contribution in [0.25, 0.3) is 11.1 Å². The van der Waals surface area contributed by atoms with Gasteiger partial charge in [-0.1, -0.05) is 62.1 Å². The van der Waals surface area contributed by atoms with Gasteiger partial charge in [0.1, 0.15) is 0 Å². The van der Waals surface area contributed by atoms with E-state index in [0.717, 1.165) is 12.0 Å². The number of hydrogen-bond donors (Lipinski definition) is 0. The zero-order valence-electron chi connectivity index (χ0n) is 12.4. The summed E-state index contributed by atoms with van der Waals surface area (Å²) in [6.07, 6.45) is 1.59. The van der Waals surface area contributed by atoms with Crippen molar-refractivity contribution in [2.24, 2.45) is 0 Å². The van der Waals surface area contributed by atoms with Crippen LogP contribution < -0.4 is 5.19 Å². The van der Waals surface area contributed by atoms with Crippen molar-refractivity contribution in [2.75, 3.05) is 0 Å². The molecule has 0 saturated heterocycles. The second kappa shape index (κ2) is 4.71. The number of ketones is 1. The van der Waals surface area contributed by atoms with Crippen LogP contribution in [0.2, 0.25) is 19.6 Å². The Morgan fingerprint density at radius 3 is 2.25 bits per heavy atom. The Morgan fingerprint density at radius 2 is 1.60 bits per heavy atom. The normalized spacial score (nSPS) is 14.4. The quantitative estimate of drug-likeness (QED) is 0.759. The van der Waals surface area contributed by atoms with E-state index < -0.39 is 8.07 Å². The Bertz CT molecular complexity index is 666. The molecule has 1 nitrogen and oxygen atoms in total. The lowest BCUT2D eigenvalue weighted by Gasteiger charge is -2.21. The van der Waals surface area contributed by atoms with Crippen LogP contribution in [-0.2, 0) is 6.42 Å². The molecule has 0 atom stereocenters. The highest BCUT2D eigenvalue weighted by Gasteiger charge is 2.30. The monoisotopic (exact) mass is 280 g/mol. The summed E-state index contributed by atoms with van der Waals surface area (Å²) in [5, 5.41) is 1.33. The van der Waals surface area contributed by atoms with Crippen molar-refractivity contribution in [3.8, 4) is 11.1 Å². The predicted octanol–water partition coefficient (Wildman–Crippen LogP) is 4.03. The minimum Gasteiger partial charge on any atom is -0.294 e. The topological polar surface area (TPSA) is 17.1 Å². The first-order chi connectivity index (χ1) is 9.47. The first-order valence-corrected chi connectivity index (χ1v) is 10.7. The number of fused-ring (bicyclic) bond motifs is 1. The van der Waals surface area contributed by atoms with Crippen molar-refractivity contribution in [1.29, 1.82) is 0 Å². The Kier molecular flexibility index (Phi) is 3.13. The number of Topliss-reactive ketones (excluding diaryl/α,β-unsaturated/α-hetero) is 1. The number of carbonyl (C=O) groups excluding carboxylic acids is 1. The van der Waals surface area contributed by atoms with Gasteiger partial charge in [-0.05, 0) is 28.3 Å². The van der Waals surface area contributed by atoms with E-state index in [1.165, 1.54) is 21.9 Å². The molecule has 3 rings (SSSR count). The minimum atomic E-state index is -1.52. The van der Waals surface area contributed by atoms with Gasteiger partial charge >= 0.3 is 0 Å². The molecule has 2 heteroatoms. The smallest absolute Gasteiger partial charge is 0.163 e. The second-order valence-corrected chi connectivity index (χ2v) is 11.6. The fourth-order valence-electron chi connectivity index (χ4n) is 2.99. The molecule has 0 amide bonds. The van der Waals surface area contributed by atoms with Gasteiger partial charge in [0.25, 0.3) is 0 Å². The maximum atomic E-state index is 12.2. The van der Waals surface area contributed by atoms with Crippen molar-refractivity contribution in [1.82, 2.24) is 0 Å². The average molecular weight is 280 g/mol. The first-order valence-electron chi connectivity index (χ1n) is 7.23. The molecule has 0 spiro atoms. The third kappa shape index (κ3) is 2.25. The highest BCUT2D eigenvalue weighted by Crippen LogP contribution is 2.28. The molecule has 0 heterocycles. The van der Waals surface area contributed by atoms with E-state index in [9.17, 15) is 4.79 Å². The molecule has 1 aliphatic rings. The van der Waals surface area contributed by atoms with Crippen LogP contribution in [0, 0.1) is 0 Å². The van der Waals surface area contributed by atoms with Crippen LogP contribution in [0.4, 0.5) is 0 Å². The van der Waals surface area contributed by atoms with Crippen LogP contribution >= 0.6 is 0 Å². The number of aryl methyl sites for hydroxylation is 1. The van der Waals surface area contributed by atoms with Crippen molar-refractivity contribution >= 4 is 19.0 Å². The van der Waals surface area contributed by atoms with E-state index in [2.05, 4.69) is 56.0 Å². The van der Waals surface area contributed by atoms with Gasteiger partial charge in [0.15, 0.2) is 5.78 Å². The van der Waals surface area contributed by atoms with Crippen LogP contribution in [0.5, 0.6) is 0 Å². The first kappa shape index (κ1) is 13.3. The minimum absolute atomic E-state index is 0.344. The third-order valence-corrected chi connectivity index (χ3v) is 6.05. The Balaban J connectivity index is 2.24. The van der Waals surface area contributed by atoms with Gasteiger partial charge in [0, 0.05) is 12.0 Å². The highest BCUT2D eigenvalue weighted by molar-refractivity contribution is 6.89. The fourth-order valence-corrected chi connectivity index (χ4v) is 4.63. The molecule has 20 heavy (non-hydrogen) atoms. The third-order valence-electron chi connectivity index (χ3n) is 4.04. The standard InChI is InChI=1S/C18H20OSi/c1-20(2,3)17-12-15(13-7-5-4-6-8-13)11-14-9-10-16(19)18(14)17/h4-8,11-12H,9-10H2,1-3H3. The Hall–Kier alpha value is -1.67. The summed E-state index contributed by atoms with van der Waals surface area (Å²) in [5.41, 5.74) is 4.81.